The van der Waals surface area contributed by atoms with E-state index >= 15 is 13.2 Å². The van der Waals surface area contributed by atoms with Crippen LogP contribution in [0.1, 0.15) is 75.5 Å². The van der Waals surface area contributed by atoms with Crippen molar-refractivity contribution < 1.29 is 36.2 Å². The summed E-state index contributed by atoms with van der Waals surface area (Å²) in [5.41, 5.74) is 6.32. The van der Waals surface area contributed by atoms with E-state index in [4.69, 9.17) is 20.6 Å². The molecule has 0 spiro atoms. The summed E-state index contributed by atoms with van der Waals surface area (Å²) in [5.74, 6) is -5.77. The number of carboxylic acids is 1. The summed E-state index contributed by atoms with van der Waals surface area (Å²) in [6.07, 6.45) is 3.20. The van der Waals surface area contributed by atoms with Crippen LogP contribution in [0.2, 0.25) is 0 Å². The van der Waals surface area contributed by atoms with Crippen molar-refractivity contribution in [3.05, 3.63) is 94.7 Å². The fourth-order valence-corrected chi connectivity index (χ4v) is 9.44. The van der Waals surface area contributed by atoms with Crippen LogP contribution >= 0.6 is 0 Å². The van der Waals surface area contributed by atoms with Crippen LogP contribution in [0.4, 0.5) is 13.2 Å². The van der Waals surface area contributed by atoms with E-state index in [0.29, 0.717) is 31.5 Å². The van der Waals surface area contributed by atoms with Gasteiger partial charge in [-0.3, -0.25) is 4.79 Å². The van der Waals surface area contributed by atoms with Gasteiger partial charge in [0.05, 0.1) is 33.9 Å². The number of aliphatic carboxylic acids is 1. The van der Waals surface area contributed by atoms with Crippen molar-refractivity contribution in [2.75, 3.05) is 11.5 Å². The van der Waals surface area contributed by atoms with Gasteiger partial charge in [-0.2, -0.15) is 9.49 Å². The molecular weight excluding hydrogens is 696 g/mol. The van der Waals surface area contributed by atoms with Crippen molar-refractivity contribution in [2.24, 2.45) is 24.1 Å². The molecule has 5 aromatic rings. The predicted octanol–water partition coefficient (Wildman–Crippen LogP) is 7.37. The van der Waals surface area contributed by atoms with Crippen LogP contribution in [-0.4, -0.2) is 50.7 Å². The topological polar surface area (TPSA) is 153 Å². The summed E-state index contributed by atoms with van der Waals surface area (Å²) in [7, 11) is -2.26. The first kappa shape index (κ1) is 37.1. The van der Waals surface area contributed by atoms with Gasteiger partial charge in [0.25, 0.3) is 0 Å². The van der Waals surface area contributed by atoms with Gasteiger partial charge in [0.2, 0.25) is 5.82 Å². The second-order valence-electron chi connectivity index (χ2n) is 14.9. The van der Waals surface area contributed by atoms with Crippen LogP contribution in [0.15, 0.2) is 54.7 Å². The number of aryl methyl sites for hydroxylation is 1. The first-order valence-electron chi connectivity index (χ1n) is 17.0. The molecule has 1 aliphatic heterocycles. The molecule has 0 saturated heterocycles. The second-order valence-corrected chi connectivity index (χ2v) is 17.0. The third-order valence-corrected chi connectivity index (χ3v) is 12.1. The van der Waals surface area contributed by atoms with Gasteiger partial charge in [0.1, 0.15) is 11.6 Å². The zero-order chi connectivity index (χ0) is 37.7. The Bertz CT molecular complexity index is 2290. The fraction of sp³-hybridized carbons (Fsp3) is 0.395. The molecule has 1 aliphatic rings. The highest BCUT2D eigenvalue weighted by Gasteiger charge is 2.37. The van der Waals surface area contributed by atoms with Gasteiger partial charge in [-0.25, -0.2) is 26.9 Å². The van der Waals surface area contributed by atoms with Crippen molar-refractivity contribution in [3.63, 3.8) is 0 Å². The summed E-state index contributed by atoms with van der Waals surface area (Å²) in [6.45, 7) is 7.29. The van der Waals surface area contributed by atoms with E-state index in [1.165, 1.54) is 29.1 Å². The van der Waals surface area contributed by atoms with Crippen molar-refractivity contribution in [1.82, 2.24) is 19.7 Å². The molecule has 3 aromatic carbocycles. The van der Waals surface area contributed by atoms with Crippen LogP contribution in [0.5, 0.6) is 11.5 Å². The molecular formula is C38H42F3N5O5S. The van der Waals surface area contributed by atoms with E-state index in [1.807, 2.05) is 45.0 Å². The SMILES string of the molecule is C[C@H](Cc1cccc([C@@]2(C)CCCC(C)(C)CS(=O)(=O)CC(N)c3c(c(F)c(F)c4[nH]ccc34)Oc3ccc(F)c(c3)-c3nc2nn3C)c1)C(=O)O. The molecule has 0 saturated carbocycles. The molecule has 276 valence electrons. The molecule has 1 unspecified atom stereocenters. The Hall–Kier alpha value is -4.69. The number of H-pyrrole nitrogens is 1. The number of fused-ring (bicyclic) bond motifs is 8. The minimum atomic E-state index is -3.87. The molecule has 10 nitrogen and oxygen atoms in total. The Morgan fingerprint density at radius 3 is 2.60 bits per heavy atom. The molecule has 3 heterocycles. The van der Waals surface area contributed by atoms with Crippen LogP contribution < -0.4 is 10.5 Å². The number of nitrogens with two attached hydrogens (primary N) is 1. The smallest absolute Gasteiger partial charge is 0.306 e. The number of ether oxygens (including phenoxy) is 1. The summed E-state index contributed by atoms with van der Waals surface area (Å²) >= 11 is 0. The third-order valence-electron chi connectivity index (χ3n) is 10.0. The van der Waals surface area contributed by atoms with Crippen LogP contribution in [0.25, 0.3) is 22.3 Å². The highest BCUT2D eigenvalue weighted by atomic mass is 32.2. The summed E-state index contributed by atoms with van der Waals surface area (Å²) < 4.78 is 81.7. The molecule has 6 rings (SSSR count). The van der Waals surface area contributed by atoms with Crippen LogP contribution in [0.3, 0.4) is 0 Å². The number of nitrogens with one attached hydrogen (secondary N) is 1. The van der Waals surface area contributed by atoms with Gasteiger partial charge >= 0.3 is 5.97 Å². The first-order chi connectivity index (χ1) is 24.4. The summed E-state index contributed by atoms with van der Waals surface area (Å²) in [5, 5.41) is 14.4. The lowest BCUT2D eigenvalue weighted by Gasteiger charge is -2.31. The van der Waals surface area contributed by atoms with Gasteiger partial charge in [-0.15, -0.1) is 0 Å². The lowest BCUT2D eigenvalue weighted by atomic mass is 9.75. The monoisotopic (exact) mass is 737 g/mol. The van der Waals surface area contributed by atoms with Crippen LogP contribution in [0, 0.1) is 28.8 Å². The van der Waals surface area contributed by atoms with E-state index in [1.54, 1.807) is 14.0 Å². The minimum absolute atomic E-state index is 0.0237. The van der Waals surface area contributed by atoms with Gasteiger partial charge in [-0.05, 0) is 67.0 Å². The van der Waals surface area contributed by atoms with Crippen molar-refractivity contribution >= 4 is 26.7 Å². The maximum Gasteiger partial charge on any atom is 0.306 e. The molecule has 52 heavy (non-hydrogen) atoms. The molecule has 3 atom stereocenters. The summed E-state index contributed by atoms with van der Waals surface area (Å²) in [6, 6.07) is 11.4. The third kappa shape index (κ3) is 7.18. The lowest BCUT2D eigenvalue weighted by molar-refractivity contribution is -0.141. The van der Waals surface area contributed by atoms with Crippen molar-refractivity contribution in [1.29, 1.82) is 0 Å². The Morgan fingerprint density at radius 1 is 1.12 bits per heavy atom. The number of halogens is 3. The largest absolute Gasteiger partial charge is 0.481 e. The zero-order valence-corrected chi connectivity index (χ0v) is 30.5. The van der Waals surface area contributed by atoms with Crippen molar-refractivity contribution in [3.8, 4) is 22.9 Å². The molecule has 4 N–H and O–H groups in total. The number of rotatable bonds is 4. The van der Waals surface area contributed by atoms with Gasteiger partial charge in [-0.1, -0.05) is 51.5 Å². The number of hydrogen-bond acceptors (Lipinski definition) is 7. The van der Waals surface area contributed by atoms with Crippen LogP contribution in [-0.2, 0) is 33.5 Å². The number of aromatic amines is 1. The van der Waals surface area contributed by atoms with E-state index in [-0.39, 0.29) is 39.4 Å². The number of hydrogen-bond donors (Lipinski definition) is 3. The second kappa shape index (κ2) is 13.7. The van der Waals surface area contributed by atoms with E-state index in [2.05, 4.69) is 4.98 Å². The minimum Gasteiger partial charge on any atom is -0.481 e. The number of nitrogens with zero attached hydrogens (tertiary/aromatic N) is 3. The van der Waals surface area contributed by atoms with E-state index < -0.39 is 67.6 Å². The molecule has 0 aliphatic carbocycles. The molecule has 0 fully saturated rings. The van der Waals surface area contributed by atoms with Gasteiger partial charge in [0.15, 0.2) is 33.1 Å². The molecule has 4 bridgehead atoms. The molecule has 14 heteroatoms. The Balaban J connectivity index is 1.53. The Morgan fingerprint density at radius 2 is 1.87 bits per heavy atom. The summed E-state index contributed by atoms with van der Waals surface area (Å²) in [4.78, 5) is 19.1. The average Bonchev–Trinajstić information content (AvgIpc) is 3.70. The Labute approximate surface area is 300 Å². The lowest BCUT2D eigenvalue weighted by Crippen LogP contribution is -2.31. The van der Waals surface area contributed by atoms with Crippen molar-refractivity contribution in [2.45, 2.75) is 64.8 Å². The van der Waals surface area contributed by atoms with Gasteiger partial charge in [0, 0.05) is 30.2 Å². The molecule has 0 radical (unpaired) electrons. The first-order valence-corrected chi connectivity index (χ1v) is 18.9. The average molecular weight is 738 g/mol. The predicted molar refractivity (Wildman–Crippen MR) is 191 cm³/mol. The zero-order valence-electron chi connectivity index (χ0n) is 29.6. The fourth-order valence-electron chi connectivity index (χ4n) is 7.27. The number of aromatic nitrogens is 4. The number of carboxylic acid groups (broad SMARTS) is 1. The maximum atomic E-state index is 15.8. The maximum absolute atomic E-state index is 15.8. The quantitative estimate of drug-likeness (QED) is 0.173. The Kier molecular flexibility index (Phi) is 9.77. The highest BCUT2D eigenvalue weighted by molar-refractivity contribution is 7.91. The molecule has 0 amide bonds. The normalized spacial score (nSPS) is 21.1. The number of benzene rings is 3. The van der Waals surface area contributed by atoms with E-state index in [0.717, 1.165) is 17.2 Å². The standard InChI is InChI=1S/C38H42F3N5O5S/c1-21(35(47)48)16-22-8-6-9-23(17-22)38(4)14-7-13-37(2,3)20-52(49,50)19-28(42)29-25-12-15-43-32(25)30(40)31(41)33(29)51-24-10-11-27(39)26(18-24)34-44-36(38)45-46(34)5/h6,8-12,15,17-18,21,28,43H,7,13-14,16,19-20,42H2,1-5H3,(H,47,48)/t21-,28?,38-/m1/s1. The highest BCUT2D eigenvalue weighted by Crippen LogP contribution is 2.43. The number of carbonyl (C=O) groups is 1. The number of sulfone groups is 1. The molecule has 2 aromatic heterocycles. The van der Waals surface area contributed by atoms with Gasteiger partial charge < -0.3 is 20.6 Å². The van der Waals surface area contributed by atoms with E-state index in [9.17, 15) is 18.3 Å².